The van der Waals surface area contributed by atoms with E-state index in [0.29, 0.717) is 0 Å². The number of rotatable bonds is 1. The Bertz CT molecular complexity index is 418. The molecule has 0 fully saturated rings. The summed E-state index contributed by atoms with van der Waals surface area (Å²) in [6, 6.07) is 4.01. The largest absolute Gasteiger partial charge is 0.288 e. The van der Waals surface area contributed by atoms with E-state index in [0.717, 1.165) is 17.1 Å². The van der Waals surface area contributed by atoms with E-state index in [2.05, 4.69) is 16.0 Å². The fourth-order valence-corrected chi connectivity index (χ4v) is 1.41. The molecule has 2 aromatic heterocycles. The molecule has 0 bridgehead atoms. The lowest BCUT2D eigenvalue weighted by Crippen LogP contribution is -2.27. The van der Waals surface area contributed by atoms with E-state index in [1.807, 2.05) is 43.2 Å². The number of H-pyrrole nitrogens is 1. The van der Waals surface area contributed by atoms with E-state index in [-0.39, 0.29) is 0 Å². The highest BCUT2D eigenvalue weighted by atomic mass is 15.0. The standard InChI is InChI=1S/C10H11N3/c1-8-9(4-3-5-11-8)10-12-6-7-13(10)2/h3-7H,1-2H3/p+1. The summed E-state index contributed by atoms with van der Waals surface area (Å²) >= 11 is 0. The molecule has 0 aliphatic rings. The average molecular weight is 174 g/mol. The molecule has 13 heavy (non-hydrogen) atoms. The van der Waals surface area contributed by atoms with E-state index in [9.17, 15) is 0 Å². The zero-order chi connectivity index (χ0) is 9.26. The average Bonchev–Trinajstić information content (AvgIpc) is 2.52. The Morgan fingerprint density at radius 1 is 1.46 bits per heavy atom. The summed E-state index contributed by atoms with van der Waals surface area (Å²) < 4.78 is 2.05. The third kappa shape index (κ3) is 1.33. The summed E-state index contributed by atoms with van der Waals surface area (Å²) in [5.74, 6) is 1.09. The summed E-state index contributed by atoms with van der Waals surface area (Å²) in [4.78, 5) is 7.43. The van der Waals surface area contributed by atoms with Crippen LogP contribution in [0.3, 0.4) is 0 Å². The zero-order valence-corrected chi connectivity index (χ0v) is 7.78. The van der Waals surface area contributed by atoms with Crippen molar-refractivity contribution >= 4 is 0 Å². The summed E-state index contributed by atoms with van der Waals surface area (Å²) in [5.41, 5.74) is 2.19. The van der Waals surface area contributed by atoms with Crippen LogP contribution in [0.1, 0.15) is 5.69 Å². The second-order valence-corrected chi connectivity index (χ2v) is 3.06. The van der Waals surface area contributed by atoms with E-state index >= 15 is 0 Å². The van der Waals surface area contributed by atoms with Gasteiger partial charge in [0.1, 0.15) is 12.4 Å². The fraction of sp³-hybridized carbons (Fsp3) is 0.200. The Labute approximate surface area is 77.1 Å². The third-order valence-corrected chi connectivity index (χ3v) is 2.13. The number of aromatic amines is 1. The van der Waals surface area contributed by atoms with Crippen molar-refractivity contribution in [3.05, 3.63) is 36.4 Å². The number of hydrogen-bond acceptors (Lipinski definition) is 1. The van der Waals surface area contributed by atoms with Crippen molar-refractivity contribution in [1.29, 1.82) is 0 Å². The van der Waals surface area contributed by atoms with Gasteiger partial charge in [-0.3, -0.25) is 4.98 Å². The molecule has 66 valence electrons. The van der Waals surface area contributed by atoms with E-state index in [1.165, 1.54) is 0 Å². The van der Waals surface area contributed by atoms with Crippen molar-refractivity contribution < 1.29 is 4.57 Å². The highest BCUT2D eigenvalue weighted by molar-refractivity contribution is 5.54. The van der Waals surface area contributed by atoms with Gasteiger partial charge in [0, 0.05) is 6.20 Å². The molecule has 0 atom stereocenters. The second kappa shape index (κ2) is 3.01. The molecule has 3 nitrogen and oxygen atoms in total. The van der Waals surface area contributed by atoms with E-state index in [4.69, 9.17) is 0 Å². The molecule has 0 radical (unpaired) electrons. The molecule has 0 saturated carbocycles. The van der Waals surface area contributed by atoms with E-state index < -0.39 is 0 Å². The lowest BCUT2D eigenvalue weighted by atomic mass is 10.2. The molecule has 0 spiro atoms. The molecule has 1 N–H and O–H groups in total. The first-order valence-electron chi connectivity index (χ1n) is 4.24. The smallest absolute Gasteiger partial charge is 0.261 e. The van der Waals surface area contributed by atoms with Gasteiger partial charge in [-0.1, -0.05) is 0 Å². The molecule has 0 aromatic carbocycles. The first-order valence-corrected chi connectivity index (χ1v) is 4.24. The van der Waals surface area contributed by atoms with Gasteiger partial charge in [0.15, 0.2) is 0 Å². The van der Waals surface area contributed by atoms with Crippen LogP contribution >= 0.6 is 0 Å². The predicted molar refractivity (Wildman–Crippen MR) is 49.9 cm³/mol. The molecule has 0 unspecified atom stereocenters. The fourth-order valence-electron chi connectivity index (χ4n) is 1.41. The van der Waals surface area contributed by atoms with Crippen molar-refractivity contribution in [2.75, 3.05) is 0 Å². The van der Waals surface area contributed by atoms with Crippen LogP contribution in [-0.2, 0) is 7.05 Å². The van der Waals surface area contributed by atoms with Gasteiger partial charge < -0.3 is 0 Å². The quantitative estimate of drug-likeness (QED) is 0.647. The second-order valence-electron chi connectivity index (χ2n) is 3.06. The highest BCUT2D eigenvalue weighted by Gasteiger charge is 2.12. The van der Waals surface area contributed by atoms with Crippen LogP contribution in [0.5, 0.6) is 0 Å². The summed E-state index contributed by atoms with van der Waals surface area (Å²) in [7, 11) is 2.01. The normalized spacial score (nSPS) is 10.3. The Morgan fingerprint density at radius 3 is 2.92 bits per heavy atom. The SMILES string of the molecule is Cc1ncccc1-c1[nH]cc[n+]1C. The Balaban J connectivity index is 2.59. The maximum Gasteiger partial charge on any atom is 0.288 e. The van der Waals surface area contributed by atoms with Crippen LogP contribution < -0.4 is 4.57 Å². The van der Waals surface area contributed by atoms with Crippen molar-refractivity contribution in [2.24, 2.45) is 7.05 Å². The van der Waals surface area contributed by atoms with Gasteiger partial charge in [-0.2, -0.15) is 0 Å². The number of nitrogens with zero attached hydrogens (tertiary/aromatic N) is 2. The number of imidazole rings is 1. The van der Waals surface area contributed by atoms with Crippen LogP contribution in [0.15, 0.2) is 30.7 Å². The van der Waals surface area contributed by atoms with Gasteiger partial charge in [0.25, 0.3) is 5.82 Å². The third-order valence-electron chi connectivity index (χ3n) is 2.13. The van der Waals surface area contributed by atoms with Gasteiger partial charge in [0.2, 0.25) is 0 Å². The van der Waals surface area contributed by atoms with Gasteiger partial charge in [0.05, 0.1) is 18.3 Å². The van der Waals surface area contributed by atoms with Crippen LogP contribution in [0.2, 0.25) is 0 Å². The Kier molecular flexibility index (Phi) is 1.85. The first kappa shape index (κ1) is 7.98. The van der Waals surface area contributed by atoms with Crippen molar-refractivity contribution in [1.82, 2.24) is 9.97 Å². The van der Waals surface area contributed by atoms with Crippen molar-refractivity contribution in [3.63, 3.8) is 0 Å². The highest BCUT2D eigenvalue weighted by Crippen LogP contribution is 2.14. The monoisotopic (exact) mass is 174 g/mol. The Hall–Kier alpha value is -1.64. The molecule has 2 heterocycles. The molecule has 0 saturated heterocycles. The van der Waals surface area contributed by atoms with Crippen LogP contribution in [-0.4, -0.2) is 9.97 Å². The lowest BCUT2D eigenvalue weighted by Gasteiger charge is -1.98. The lowest BCUT2D eigenvalue weighted by molar-refractivity contribution is -0.658. The molecule has 0 aliphatic carbocycles. The summed E-state index contributed by atoms with van der Waals surface area (Å²) in [6.45, 7) is 2.01. The van der Waals surface area contributed by atoms with Crippen LogP contribution in [0, 0.1) is 6.92 Å². The van der Waals surface area contributed by atoms with Gasteiger partial charge in [-0.05, 0) is 19.1 Å². The number of pyridine rings is 1. The number of aromatic nitrogens is 3. The first-order chi connectivity index (χ1) is 6.29. The predicted octanol–water partition coefficient (Wildman–Crippen LogP) is 1.21. The minimum absolute atomic E-state index is 1.04. The van der Waals surface area contributed by atoms with Gasteiger partial charge >= 0.3 is 0 Å². The Morgan fingerprint density at radius 2 is 2.31 bits per heavy atom. The number of hydrogen-bond donors (Lipinski definition) is 1. The minimum atomic E-state index is 1.04. The minimum Gasteiger partial charge on any atom is -0.261 e. The van der Waals surface area contributed by atoms with Crippen LogP contribution in [0.25, 0.3) is 11.4 Å². The van der Waals surface area contributed by atoms with Gasteiger partial charge in [-0.15, -0.1) is 0 Å². The number of aryl methyl sites for hydroxylation is 2. The summed E-state index contributed by atoms with van der Waals surface area (Å²) in [6.07, 6.45) is 5.71. The van der Waals surface area contributed by atoms with E-state index in [1.54, 1.807) is 0 Å². The number of nitrogens with one attached hydrogen (secondary N) is 1. The topological polar surface area (TPSA) is 32.6 Å². The summed E-state index contributed by atoms with van der Waals surface area (Å²) in [5, 5.41) is 0. The molecular formula is C10H12N3+. The molecular weight excluding hydrogens is 162 g/mol. The molecule has 2 aromatic rings. The maximum atomic E-state index is 4.24. The molecule has 0 aliphatic heterocycles. The molecule has 0 amide bonds. The maximum absolute atomic E-state index is 4.24. The molecule has 3 heteroatoms. The molecule has 2 rings (SSSR count). The zero-order valence-electron chi connectivity index (χ0n) is 7.78. The van der Waals surface area contributed by atoms with Gasteiger partial charge in [-0.25, -0.2) is 9.55 Å². The van der Waals surface area contributed by atoms with Crippen molar-refractivity contribution in [3.8, 4) is 11.4 Å². The van der Waals surface area contributed by atoms with Crippen LogP contribution in [0.4, 0.5) is 0 Å². The van der Waals surface area contributed by atoms with Crippen molar-refractivity contribution in [2.45, 2.75) is 6.92 Å².